The number of anilines is 1. The largest absolute Gasteiger partial charge is 0.352 e. The predicted octanol–water partition coefficient (Wildman–Crippen LogP) is 6.01. The lowest BCUT2D eigenvalue weighted by atomic mass is 9.94. The normalized spacial score (nSPS) is 20.4. The third-order valence-corrected chi connectivity index (χ3v) is 7.88. The molecule has 36 heavy (non-hydrogen) atoms. The fraction of sp³-hybridized carbons (Fsp3) is 0.414. The molecule has 1 aromatic carbocycles. The molecule has 6 nitrogen and oxygen atoms in total. The summed E-state index contributed by atoms with van der Waals surface area (Å²) >= 11 is 5.83. The lowest BCUT2D eigenvalue weighted by Gasteiger charge is -2.32. The van der Waals surface area contributed by atoms with Crippen molar-refractivity contribution < 1.29 is 4.79 Å². The van der Waals surface area contributed by atoms with E-state index in [0.717, 1.165) is 22.5 Å². The van der Waals surface area contributed by atoms with E-state index in [2.05, 4.69) is 55.5 Å². The third kappa shape index (κ3) is 5.16. The Morgan fingerprint density at radius 2 is 1.94 bits per heavy atom. The van der Waals surface area contributed by atoms with Gasteiger partial charge >= 0.3 is 0 Å². The molecule has 2 N–H and O–H groups in total. The summed E-state index contributed by atoms with van der Waals surface area (Å²) in [7, 11) is 0. The van der Waals surface area contributed by atoms with E-state index in [4.69, 9.17) is 12.2 Å². The van der Waals surface area contributed by atoms with Crippen molar-refractivity contribution in [2.75, 3.05) is 11.9 Å². The van der Waals surface area contributed by atoms with Gasteiger partial charge in [-0.05, 0) is 80.4 Å². The molecule has 3 heterocycles. The van der Waals surface area contributed by atoms with E-state index in [9.17, 15) is 4.79 Å². The van der Waals surface area contributed by atoms with Crippen LogP contribution in [0.1, 0.15) is 79.2 Å². The van der Waals surface area contributed by atoms with E-state index in [1.165, 1.54) is 37.8 Å². The Morgan fingerprint density at radius 3 is 2.72 bits per heavy atom. The fourth-order valence-electron chi connectivity index (χ4n) is 5.62. The molecule has 2 atom stereocenters. The maximum Gasteiger partial charge on any atom is 0.226 e. The molecular formula is C29H35N5OS. The SMILES string of the molecule is Cc1ccc(C)c(NC(=O)CCN2C(=S)NC(c3ccccn3)C2c2cccn2C2CCCCC2)c1. The lowest BCUT2D eigenvalue weighted by molar-refractivity contribution is -0.116. The molecule has 3 aromatic rings. The van der Waals surface area contributed by atoms with Crippen LogP contribution in [-0.2, 0) is 4.79 Å². The first kappa shape index (κ1) is 24.5. The van der Waals surface area contributed by atoms with Crippen molar-refractivity contribution >= 4 is 28.9 Å². The minimum Gasteiger partial charge on any atom is -0.352 e. The van der Waals surface area contributed by atoms with Crippen LogP contribution in [0.4, 0.5) is 5.69 Å². The molecule has 0 bridgehead atoms. The van der Waals surface area contributed by atoms with E-state index in [0.29, 0.717) is 24.1 Å². The summed E-state index contributed by atoms with van der Waals surface area (Å²) in [6.07, 6.45) is 10.7. The highest BCUT2D eigenvalue weighted by Gasteiger charge is 2.41. The number of nitrogens with one attached hydrogen (secondary N) is 2. The number of benzene rings is 1. The Kier molecular flexibility index (Phi) is 7.37. The first-order valence-electron chi connectivity index (χ1n) is 13.0. The van der Waals surface area contributed by atoms with Crippen molar-refractivity contribution in [3.05, 3.63) is 83.4 Å². The van der Waals surface area contributed by atoms with Gasteiger partial charge in [0.05, 0.1) is 17.8 Å². The number of thiocarbonyl (C=S) groups is 1. The average molecular weight is 502 g/mol. The first-order chi connectivity index (χ1) is 17.5. The number of carbonyl (C=O) groups is 1. The van der Waals surface area contributed by atoms with Crippen LogP contribution in [0.2, 0.25) is 0 Å². The van der Waals surface area contributed by atoms with Crippen LogP contribution in [0.3, 0.4) is 0 Å². The van der Waals surface area contributed by atoms with Crippen molar-refractivity contribution in [2.45, 2.75) is 70.5 Å². The zero-order chi connectivity index (χ0) is 25.1. The summed E-state index contributed by atoms with van der Waals surface area (Å²) in [4.78, 5) is 19.8. The number of hydrogen-bond acceptors (Lipinski definition) is 3. The number of nitrogens with zero attached hydrogens (tertiary/aromatic N) is 3. The highest BCUT2D eigenvalue weighted by molar-refractivity contribution is 7.80. The van der Waals surface area contributed by atoms with E-state index in [1.807, 2.05) is 44.3 Å². The molecule has 0 radical (unpaired) electrons. The van der Waals surface area contributed by atoms with Gasteiger partial charge in [0, 0.05) is 42.8 Å². The summed E-state index contributed by atoms with van der Waals surface area (Å²) in [5.41, 5.74) is 5.26. The molecule has 1 aliphatic heterocycles. The summed E-state index contributed by atoms with van der Waals surface area (Å²) in [5.74, 6) is -0.00537. The Hall–Kier alpha value is -3.19. The maximum atomic E-state index is 13.0. The first-order valence-corrected chi connectivity index (χ1v) is 13.4. The highest BCUT2D eigenvalue weighted by Crippen LogP contribution is 2.41. The number of rotatable bonds is 7. The summed E-state index contributed by atoms with van der Waals surface area (Å²) < 4.78 is 2.46. The minimum absolute atomic E-state index is 0.00537. The number of pyridine rings is 1. The maximum absolute atomic E-state index is 13.0. The quantitative estimate of drug-likeness (QED) is 0.389. The highest BCUT2D eigenvalue weighted by atomic mass is 32.1. The van der Waals surface area contributed by atoms with Crippen LogP contribution in [0.25, 0.3) is 0 Å². The number of aromatic nitrogens is 2. The van der Waals surface area contributed by atoms with Crippen molar-refractivity contribution in [2.24, 2.45) is 0 Å². The molecule has 2 unspecified atom stereocenters. The summed E-state index contributed by atoms with van der Waals surface area (Å²) in [6, 6.07) is 16.9. The molecule has 2 aliphatic rings. The minimum atomic E-state index is -0.0713. The summed E-state index contributed by atoms with van der Waals surface area (Å²) in [5, 5.41) is 7.30. The topological polar surface area (TPSA) is 62.2 Å². The predicted molar refractivity (Wildman–Crippen MR) is 148 cm³/mol. The van der Waals surface area contributed by atoms with Crippen LogP contribution in [0.5, 0.6) is 0 Å². The number of aryl methyl sites for hydroxylation is 2. The lowest BCUT2D eigenvalue weighted by Crippen LogP contribution is -2.34. The van der Waals surface area contributed by atoms with Gasteiger partial charge in [-0.1, -0.05) is 37.5 Å². The van der Waals surface area contributed by atoms with Gasteiger partial charge in [-0.15, -0.1) is 0 Å². The standard InChI is InChI=1S/C29H35N5OS/c1-20-13-14-21(2)24(19-20)31-26(35)15-18-34-28(27(32-29(34)36)23-11-6-7-16-30-23)25-12-8-17-33(25)22-9-4-3-5-10-22/h6-8,11-14,16-17,19,22,27-28H,3-5,9-10,15,18H2,1-2H3,(H,31,35)(H,32,36). The van der Waals surface area contributed by atoms with Crippen molar-refractivity contribution in [1.29, 1.82) is 0 Å². The van der Waals surface area contributed by atoms with Crippen LogP contribution in [-0.4, -0.2) is 32.0 Å². The Balaban J connectivity index is 1.40. The third-order valence-electron chi connectivity index (χ3n) is 7.53. The van der Waals surface area contributed by atoms with Crippen LogP contribution in [0.15, 0.2) is 60.9 Å². The van der Waals surface area contributed by atoms with Gasteiger partial charge in [0.25, 0.3) is 0 Å². The molecule has 1 saturated carbocycles. The molecule has 2 fully saturated rings. The van der Waals surface area contributed by atoms with E-state index in [1.54, 1.807) is 0 Å². The molecule has 1 saturated heterocycles. The Bertz CT molecular complexity index is 1220. The van der Waals surface area contributed by atoms with Gasteiger partial charge in [-0.25, -0.2) is 0 Å². The van der Waals surface area contributed by atoms with Crippen molar-refractivity contribution in [3.63, 3.8) is 0 Å². The second-order valence-corrected chi connectivity index (χ2v) is 10.5. The monoisotopic (exact) mass is 501 g/mol. The number of hydrogen-bond donors (Lipinski definition) is 2. The molecule has 7 heteroatoms. The Labute approximate surface area is 219 Å². The van der Waals surface area contributed by atoms with Gasteiger partial charge < -0.3 is 20.1 Å². The fourth-order valence-corrected chi connectivity index (χ4v) is 5.95. The van der Waals surface area contributed by atoms with Crippen molar-refractivity contribution in [1.82, 2.24) is 19.8 Å². The molecule has 1 aliphatic carbocycles. The molecular weight excluding hydrogens is 466 g/mol. The van der Waals surface area contributed by atoms with Crippen LogP contribution in [0, 0.1) is 13.8 Å². The van der Waals surface area contributed by atoms with E-state index in [-0.39, 0.29) is 18.0 Å². The van der Waals surface area contributed by atoms with Gasteiger partial charge in [-0.3, -0.25) is 9.78 Å². The molecule has 2 aromatic heterocycles. The molecule has 5 rings (SSSR count). The molecule has 1 amide bonds. The van der Waals surface area contributed by atoms with Gasteiger partial charge in [0.15, 0.2) is 5.11 Å². The second kappa shape index (κ2) is 10.8. The zero-order valence-corrected chi connectivity index (χ0v) is 21.9. The smallest absolute Gasteiger partial charge is 0.226 e. The van der Waals surface area contributed by atoms with E-state index >= 15 is 0 Å². The Morgan fingerprint density at radius 1 is 1.11 bits per heavy atom. The second-order valence-electron chi connectivity index (χ2n) is 10.1. The van der Waals surface area contributed by atoms with E-state index < -0.39 is 0 Å². The number of carbonyl (C=O) groups excluding carboxylic acids is 1. The van der Waals surface area contributed by atoms with Crippen LogP contribution >= 0.6 is 12.2 Å². The number of amides is 1. The molecule has 0 spiro atoms. The van der Waals surface area contributed by atoms with Gasteiger partial charge in [-0.2, -0.15) is 0 Å². The zero-order valence-electron chi connectivity index (χ0n) is 21.1. The van der Waals surface area contributed by atoms with Crippen molar-refractivity contribution in [3.8, 4) is 0 Å². The summed E-state index contributed by atoms with van der Waals surface area (Å²) in [6.45, 7) is 4.58. The molecule has 188 valence electrons. The average Bonchev–Trinajstić information content (AvgIpc) is 3.50. The van der Waals surface area contributed by atoms with Crippen LogP contribution < -0.4 is 10.6 Å². The van der Waals surface area contributed by atoms with Gasteiger partial charge in [0.2, 0.25) is 5.91 Å². The van der Waals surface area contributed by atoms with Gasteiger partial charge in [0.1, 0.15) is 0 Å².